The summed E-state index contributed by atoms with van der Waals surface area (Å²) in [5, 5.41) is 22.3. The van der Waals surface area contributed by atoms with E-state index in [0.717, 1.165) is 6.54 Å². The number of carbonyl (C=O) groups is 1. The molecule has 0 aliphatic carbocycles. The van der Waals surface area contributed by atoms with Gasteiger partial charge in [0.15, 0.2) is 0 Å². The van der Waals surface area contributed by atoms with Gasteiger partial charge in [-0.25, -0.2) is 4.79 Å². The molecule has 0 saturated carbocycles. The van der Waals surface area contributed by atoms with Crippen molar-refractivity contribution in [3.63, 3.8) is 0 Å². The molecule has 2 heterocycles. The smallest absolute Gasteiger partial charge is 0.374 e. The fourth-order valence-electron chi connectivity index (χ4n) is 2.69. The number of carboxylic acids is 1. The van der Waals surface area contributed by atoms with Gasteiger partial charge in [-0.2, -0.15) is 0 Å². The summed E-state index contributed by atoms with van der Waals surface area (Å²) in [5.41, 5.74) is 0. The van der Waals surface area contributed by atoms with E-state index < -0.39 is 5.97 Å². The van der Waals surface area contributed by atoms with E-state index in [-0.39, 0.29) is 5.82 Å². The van der Waals surface area contributed by atoms with Crippen molar-refractivity contribution in [3.8, 4) is 0 Å². The Balaban J connectivity index is 0.000000240. The minimum atomic E-state index is -1.02. The summed E-state index contributed by atoms with van der Waals surface area (Å²) in [7, 11) is 2.03. The zero-order chi connectivity index (χ0) is 17.6. The Labute approximate surface area is 145 Å². The number of fused-ring (bicyclic) bond motifs is 1. The third kappa shape index (κ3) is 7.88. The molecule has 0 saturated heterocycles. The molecule has 0 fully saturated rings. The van der Waals surface area contributed by atoms with Crippen LogP contribution in [0.1, 0.15) is 74.7 Å². The lowest BCUT2D eigenvalue weighted by Gasteiger charge is -2.14. The molecule has 0 bridgehead atoms. The Morgan fingerprint density at radius 1 is 1.17 bits per heavy atom. The lowest BCUT2D eigenvalue weighted by molar-refractivity contribution is 0.0676. The zero-order valence-corrected chi connectivity index (χ0v) is 15.2. The topological polar surface area (TPSA) is 92.1 Å². The van der Waals surface area contributed by atoms with Crippen LogP contribution >= 0.6 is 0 Å². The van der Waals surface area contributed by atoms with Gasteiger partial charge >= 0.3 is 5.97 Å². The van der Waals surface area contributed by atoms with Crippen LogP contribution in [0.4, 0.5) is 0 Å². The average molecular weight is 339 g/mol. The number of aromatic carboxylic acids is 1. The first-order chi connectivity index (χ1) is 11.7. The van der Waals surface area contributed by atoms with E-state index >= 15 is 0 Å². The van der Waals surface area contributed by atoms with Crippen LogP contribution < -0.4 is 10.6 Å². The van der Waals surface area contributed by atoms with Crippen LogP contribution in [0.2, 0.25) is 0 Å². The average Bonchev–Trinajstić information content (AvgIpc) is 3.02. The fraction of sp³-hybridized carbons (Fsp3) is 0.824. The van der Waals surface area contributed by atoms with E-state index in [1.165, 1.54) is 57.9 Å². The maximum Gasteiger partial charge on any atom is 0.374 e. The highest BCUT2D eigenvalue weighted by molar-refractivity contribution is 5.83. The molecule has 1 aliphatic rings. The SMILES string of the molecule is CCCCCCCCCCNC.O=C(O)c1nnc2n1CCNC2. The molecule has 7 heteroatoms. The van der Waals surface area contributed by atoms with Gasteiger partial charge in [0.25, 0.3) is 0 Å². The van der Waals surface area contributed by atoms with Crippen LogP contribution in [0.25, 0.3) is 0 Å². The van der Waals surface area contributed by atoms with Gasteiger partial charge in [-0.3, -0.25) is 0 Å². The fourth-order valence-corrected chi connectivity index (χ4v) is 2.69. The van der Waals surface area contributed by atoms with Gasteiger partial charge in [-0.05, 0) is 20.0 Å². The molecule has 1 aromatic rings. The van der Waals surface area contributed by atoms with Crippen molar-refractivity contribution in [1.82, 2.24) is 25.4 Å². The Bertz CT molecular complexity index is 452. The molecule has 0 spiro atoms. The highest BCUT2D eigenvalue weighted by Gasteiger charge is 2.19. The molecule has 7 nitrogen and oxygen atoms in total. The van der Waals surface area contributed by atoms with Gasteiger partial charge in [0, 0.05) is 13.1 Å². The van der Waals surface area contributed by atoms with Crippen molar-refractivity contribution < 1.29 is 9.90 Å². The summed E-state index contributed by atoms with van der Waals surface area (Å²) in [6, 6.07) is 0. The lowest BCUT2D eigenvalue weighted by atomic mass is 10.1. The molecule has 1 aliphatic heterocycles. The van der Waals surface area contributed by atoms with E-state index in [2.05, 4.69) is 27.8 Å². The van der Waals surface area contributed by atoms with Gasteiger partial charge in [0.1, 0.15) is 5.82 Å². The highest BCUT2D eigenvalue weighted by Crippen LogP contribution is 2.07. The van der Waals surface area contributed by atoms with Gasteiger partial charge in [-0.1, -0.05) is 51.9 Å². The van der Waals surface area contributed by atoms with Crippen molar-refractivity contribution in [2.75, 3.05) is 20.1 Å². The summed E-state index contributed by atoms with van der Waals surface area (Å²) >= 11 is 0. The number of nitrogens with one attached hydrogen (secondary N) is 2. The van der Waals surface area contributed by atoms with E-state index in [1.54, 1.807) is 4.57 Å². The van der Waals surface area contributed by atoms with Crippen molar-refractivity contribution in [3.05, 3.63) is 11.6 Å². The maximum absolute atomic E-state index is 10.6. The van der Waals surface area contributed by atoms with Crippen LogP contribution in [0.15, 0.2) is 0 Å². The van der Waals surface area contributed by atoms with Crippen LogP contribution in [0, 0.1) is 0 Å². The Morgan fingerprint density at radius 3 is 2.46 bits per heavy atom. The van der Waals surface area contributed by atoms with E-state index in [4.69, 9.17) is 5.11 Å². The summed E-state index contributed by atoms with van der Waals surface area (Å²) < 4.78 is 1.62. The quantitative estimate of drug-likeness (QED) is 0.567. The van der Waals surface area contributed by atoms with Crippen LogP contribution in [0.3, 0.4) is 0 Å². The van der Waals surface area contributed by atoms with Crippen LogP contribution in [-0.4, -0.2) is 46.0 Å². The van der Waals surface area contributed by atoms with E-state index in [0.29, 0.717) is 18.9 Å². The first-order valence-electron chi connectivity index (χ1n) is 9.21. The number of nitrogens with zero attached hydrogens (tertiary/aromatic N) is 3. The summed E-state index contributed by atoms with van der Waals surface area (Å²) in [6.45, 7) is 5.46. The molecule has 0 unspecified atom stereocenters. The molecular formula is C17H33N5O2. The zero-order valence-electron chi connectivity index (χ0n) is 15.2. The highest BCUT2D eigenvalue weighted by atomic mass is 16.4. The Morgan fingerprint density at radius 2 is 1.83 bits per heavy atom. The Kier molecular flexibility index (Phi) is 11.1. The third-order valence-corrected chi connectivity index (χ3v) is 4.09. The maximum atomic E-state index is 10.6. The van der Waals surface area contributed by atoms with Crippen molar-refractivity contribution in [2.45, 2.75) is 71.4 Å². The number of unbranched alkanes of at least 4 members (excludes halogenated alkanes) is 7. The molecule has 0 aromatic carbocycles. The normalized spacial score (nSPS) is 13.1. The second-order valence-corrected chi connectivity index (χ2v) is 6.15. The number of hydrogen-bond acceptors (Lipinski definition) is 5. The lowest BCUT2D eigenvalue weighted by Crippen LogP contribution is -2.29. The minimum absolute atomic E-state index is 0.0338. The van der Waals surface area contributed by atoms with Gasteiger partial charge in [0.05, 0.1) is 6.54 Å². The van der Waals surface area contributed by atoms with Crippen molar-refractivity contribution in [1.29, 1.82) is 0 Å². The Hall–Kier alpha value is -1.47. The second-order valence-electron chi connectivity index (χ2n) is 6.15. The molecule has 0 atom stereocenters. The predicted octanol–water partition coefficient (Wildman–Crippen LogP) is 2.43. The van der Waals surface area contributed by atoms with Crippen LogP contribution in [-0.2, 0) is 13.1 Å². The first kappa shape index (κ1) is 20.6. The number of aromatic nitrogens is 3. The van der Waals surface area contributed by atoms with Gasteiger partial charge in [-0.15, -0.1) is 10.2 Å². The molecular weight excluding hydrogens is 306 g/mol. The number of carboxylic acid groups (broad SMARTS) is 1. The number of hydrogen-bond donors (Lipinski definition) is 3. The van der Waals surface area contributed by atoms with Gasteiger partial charge < -0.3 is 20.3 Å². The van der Waals surface area contributed by atoms with Crippen molar-refractivity contribution in [2.24, 2.45) is 0 Å². The third-order valence-electron chi connectivity index (χ3n) is 4.09. The van der Waals surface area contributed by atoms with Crippen molar-refractivity contribution >= 4 is 5.97 Å². The van der Waals surface area contributed by atoms with Gasteiger partial charge in [0.2, 0.25) is 5.82 Å². The van der Waals surface area contributed by atoms with Crippen LogP contribution in [0.5, 0.6) is 0 Å². The summed E-state index contributed by atoms with van der Waals surface area (Å²) in [5.74, 6) is -0.291. The first-order valence-corrected chi connectivity index (χ1v) is 9.21. The molecule has 24 heavy (non-hydrogen) atoms. The summed E-state index contributed by atoms with van der Waals surface area (Å²) in [6.07, 6.45) is 11.3. The summed E-state index contributed by atoms with van der Waals surface area (Å²) in [4.78, 5) is 10.6. The monoisotopic (exact) mass is 339 g/mol. The predicted molar refractivity (Wildman–Crippen MR) is 95.2 cm³/mol. The molecule has 0 amide bonds. The molecule has 2 rings (SSSR count). The largest absolute Gasteiger partial charge is 0.475 e. The molecule has 138 valence electrons. The molecule has 3 N–H and O–H groups in total. The standard InChI is InChI=1S/C11H25N.C6H8N4O2/c1-3-4-5-6-7-8-9-10-11-12-2;11-6(12)5-9-8-4-3-7-1-2-10(4)5/h12H,3-11H2,1-2H3;7H,1-3H2,(H,11,12). The van der Waals surface area contributed by atoms with E-state index in [1.807, 2.05) is 7.05 Å². The molecule has 0 radical (unpaired) electrons. The minimum Gasteiger partial charge on any atom is -0.475 e. The second kappa shape index (κ2) is 12.9. The number of rotatable bonds is 10. The molecule has 1 aromatic heterocycles. The van der Waals surface area contributed by atoms with E-state index in [9.17, 15) is 4.79 Å².